The van der Waals surface area contributed by atoms with Gasteiger partial charge in [-0.1, -0.05) is 13.3 Å². The van der Waals surface area contributed by atoms with E-state index in [2.05, 4.69) is 35.5 Å². The van der Waals surface area contributed by atoms with Gasteiger partial charge < -0.3 is 4.57 Å². The lowest BCUT2D eigenvalue weighted by Gasteiger charge is -2.17. The van der Waals surface area contributed by atoms with Gasteiger partial charge in [-0.25, -0.2) is 0 Å². The SMILES string of the molecule is CC1CCCC1c1nncn1C(C)C. The molecule has 0 aromatic carbocycles. The average Bonchev–Trinajstić information content (AvgIpc) is 2.70. The van der Waals surface area contributed by atoms with E-state index >= 15 is 0 Å². The van der Waals surface area contributed by atoms with Gasteiger partial charge in [0.05, 0.1) is 0 Å². The largest absolute Gasteiger partial charge is 0.315 e. The molecule has 1 aliphatic carbocycles. The molecule has 3 nitrogen and oxygen atoms in total. The molecule has 0 saturated heterocycles. The van der Waals surface area contributed by atoms with E-state index in [1.807, 2.05) is 6.33 Å². The summed E-state index contributed by atoms with van der Waals surface area (Å²) >= 11 is 0. The van der Waals surface area contributed by atoms with Gasteiger partial charge in [-0.3, -0.25) is 0 Å². The summed E-state index contributed by atoms with van der Waals surface area (Å²) in [5.74, 6) is 2.61. The molecular formula is C11H19N3. The van der Waals surface area contributed by atoms with E-state index in [-0.39, 0.29) is 0 Å². The molecule has 2 unspecified atom stereocenters. The zero-order valence-electron chi connectivity index (χ0n) is 9.27. The van der Waals surface area contributed by atoms with Gasteiger partial charge in [0.1, 0.15) is 12.2 Å². The molecular weight excluding hydrogens is 174 g/mol. The van der Waals surface area contributed by atoms with Crippen molar-refractivity contribution >= 4 is 0 Å². The summed E-state index contributed by atoms with van der Waals surface area (Å²) in [5.41, 5.74) is 0. The number of hydrogen-bond acceptors (Lipinski definition) is 2. The van der Waals surface area contributed by atoms with Crippen LogP contribution in [0.2, 0.25) is 0 Å². The Bertz CT molecular complexity index is 303. The Morgan fingerprint density at radius 1 is 1.43 bits per heavy atom. The molecule has 1 heterocycles. The average molecular weight is 193 g/mol. The lowest BCUT2D eigenvalue weighted by molar-refractivity contribution is 0.463. The normalized spacial score (nSPS) is 27.4. The van der Waals surface area contributed by atoms with Crippen LogP contribution in [-0.2, 0) is 0 Å². The topological polar surface area (TPSA) is 30.7 Å². The summed E-state index contributed by atoms with van der Waals surface area (Å²) in [5, 5.41) is 8.32. The van der Waals surface area contributed by atoms with Crippen molar-refractivity contribution in [3.05, 3.63) is 12.2 Å². The molecule has 2 rings (SSSR count). The Morgan fingerprint density at radius 2 is 2.21 bits per heavy atom. The molecule has 1 aromatic heterocycles. The Balaban J connectivity index is 2.26. The van der Waals surface area contributed by atoms with Crippen molar-refractivity contribution in [2.75, 3.05) is 0 Å². The van der Waals surface area contributed by atoms with Crippen LogP contribution in [0.3, 0.4) is 0 Å². The van der Waals surface area contributed by atoms with E-state index in [0.29, 0.717) is 12.0 Å². The lowest BCUT2D eigenvalue weighted by atomic mass is 9.97. The first-order valence-corrected chi connectivity index (χ1v) is 5.59. The third kappa shape index (κ3) is 1.56. The van der Waals surface area contributed by atoms with Gasteiger partial charge in [0, 0.05) is 12.0 Å². The van der Waals surface area contributed by atoms with Crippen LogP contribution in [0.4, 0.5) is 0 Å². The Kier molecular flexibility index (Phi) is 2.57. The minimum absolute atomic E-state index is 0.479. The predicted molar refractivity (Wildman–Crippen MR) is 56.2 cm³/mol. The summed E-state index contributed by atoms with van der Waals surface area (Å²) in [4.78, 5) is 0. The van der Waals surface area contributed by atoms with Crippen LogP contribution >= 0.6 is 0 Å². The molecule has 0 bridgehead atoms. The van der Waals surface area contributed by atoms with Gasteiger partial charge in [0.25, 0.3) is 0 Å². The van der Waals surface area contributed by atoms with Crippen molar-refractivity contribution in [1.29, 1.82) is 0 Å². The molecule has 1 fully saturated rings. The summed E-state index contributed by atoms with van der Waals surface area (Å²) < 4.78 is 2.21. The maximum Gasteiger partial charge on any atom is 0.136 e. The number of nitrogens with zero attached hydrogens (tertiary/aromatic N) is 3. The van der Waals surface area contributed by atoms with Gasteiger partial charge >= 0.3 is 0 Å². The van der Waals surface area contributed by atoms with Crippen molar-refractivity contribution < 1.29 is 0 Å². The third-order valence-corrected chi connectivity index (χ3v) is 3.35. The van der Waals surface area contributed by atoms with Crippen LogP contribution in [0.15, 0.2) is 6.33 Å². The lowest BCUT2D eigenvalue weighted by Crippen LogP contribution is -2.12. The molecule has 1 saturated carbocycles. The standard InChI is InChI=1S/C11H19N3/c1-8(2)14-7-12-13-11(14)10-6-4-5-9(10)3/h7-10H,4-6H2,1-3H3. The Morgan fingerprint density at radius 3 is 2.79 bits per heavy atom. The van der Waals surface area contributed by atoms with Crippen molar-refractivity contribution in [3.8, 4) is 0 Å². The molecule has 0 aliphatic heterocycles. The quantitative estimate of drug-likeness (QED) is 0.723. The van der Waals surface area contributed by atoms with Crippen molar-refractivity contribution in [1.82, 2.24) is 14.8 Å². The molecule has 0 radical (unpaired) electrons. The van der Waals surface area contributed by atoms with Crippen molar-refractivity contribution in [3.63, 3.8) is 0 Å². The fourth-order valence-electron chi connectivity index (χ4n) is 2.44. The second-order valence-corrected chi connectivity index (χ2v) is 4.70. The third-order valence-electron chi connectivity index (χ3n) is 3.35. The number of rotatable bonds is 2. The molecule has 0 amide bonds. The number of aromatic nitrogens is 3. The smallest absolute Gasteiger partial charge is 0.136 e. The molecule has 78 valence electrons. The summed E-state index contributed by atoms with van der Waals surface area (Å²) in [6, 6.07) is 0.479. The molecule has 0 spiro atoms. The fraction of sp³-hybridized carbons (Fsp3) is 0.818. The van der Waals surface area contributed by atoms with Crippen LogP contribution < -0.4 is 0 Å². The second-order valence-electron chi connectivity index (χ2n) is 4.70. The van der Waals surface area contributed by atoms with Crippen LogP contribution in [0.5, 0.6) is 0 Å². The maximum atomic E-state index is 4.28. The molecule has 2 atom stereocenters. The van der Waals surface area contributed by atoms with Crippen LogP contribution in [-0.4, -0.2) is 14.8 Å². The van der Waals surface area contributed by atoms with E-state index in [9.17, 15) is 0 Å². The van der Waals surface area contributed by atoms with E-state index in [0.717, 1.165) is 5.92 Å². The summed E-state index contributed by atoms with van der Waals surface area (Å²) in [6.07, 6.45) is 5.84. The molecule has 0 N–H and O–H groups in total. The van der Waals surface area contributed by atoms with E-state index in [1.54, 1.807) is 0 Å². The van der Waals surface area contributed by atoms with Gasteiger partial charge in [-0.15, -0.1) is 10.2 Å². The highest BCUT2D eigenvalue weighted by molar-refractivity contribution is 5.02. The van der Waals surface area contributed by atoms with Gasteiger partial charge in [-0.2, -0.15) is 0 Å². The van der Waals surface area contributed by atoms with Gasteiger partial charge in [-0.05, 0) is 32.6 Å². The fourth-order valence-corrected chi connectivity index (χ4v) is 2.44. The Hall–Kier alpha value is -0.860. The molecule has 14 heavy (non-hydrogen) atoms. The zero-order chi connectivity index (χ0) is 10.1. The van der Waals surface area contributed by atoms with E-state index in [4.69, 9.17) is 0 Å². The molecule has 3 heteroatoms. The van der Waals surface area contributed by atoms with Crippen molar-refractivity contribution in [2.24, 2.45) is 5.92 Å². The molecule has 1 aromatic rings. The van der Waals surface area contributed by atoms with Crippen molar-refractivity contribution in [2.45, 2.75) is 52.0 Å². The molecule has 1 aliphatic rings. The second kappa shape index (κ2) is 3.71. The van der Waals surface area contributed by atoms with Crippen LogP contribution in [0, 0.1) is 5.92 Å². The highest BCUT2D eigenvalue weighted by Gasteiger charge is 2.29. The van der Waals surface area contributed by atoms with E-state index < -0.39 is 0 Å². The van der Waals surface area contributed by atoms with Crippen LogP contribution in [0.25, 0.3) is 0 Å². The van der Waals surface area contributed by atoms with Crippen LogP contribution in [0.1, 0.15) is 57.8 Å². The first-order chi connectivity index (χ1) is 6.70. The zero-order valence-corrected chi connectivity index (χ0v) is 9.27. The monoisotopic (exact) mass is 193 g/mol. The van der Waals surface area contributed by atoms with E-state index in [1.165, 1.54) is 25.1 Å². The predicted octanol–water partition coefficient (Wildman–Crippen LogP) is 2.76. The maximum absolute atomic E-state index is 4.28. The highest BCUT2D eigenvalue weighted by atomic mass is 15.3. The first-order valence-electron chi connectivity index (χ1n) is 5.59. The highest BCUT2D eigenvalue weighted by Crippen LogP contribution is 2.38. The minimum atomic E-state index is 0.479. The summed E-state index contributed by atoms with van der Waals surface area (Å²) in [7, 11) is 0. The Labute approximate surface area is 85.5 Å². The minimum Gasteiger partial charge on any atom is -0.315 e. The number of hydrogen-bond donors (Lipinski definition) is 0. The first kappa shape index (κ1) is 9.69. The summed E-state index contributed by atoms with van der Waals surface area (Å²) in [6.45, 7) is 6.70. The van der Waals surface area contributed by atoms with Gasteiger partial charge in [0.2, 0.25) is 0 Å². The van der Waals surface area contributed by atoms with Gasteiger partial charge in [0.15, 0.2) is 0 Å².